The first kappa shape index (κ1) is 13.5. The normalized spacial score (nSPS) is 22.8. The molecule has 0 bridgehead atoms. The zero-order valence-corrected chi connectivity index (χ0v) is 13.8. The van der Waals surface area contributed by atoms with Crippen molar-refractivity contribution in [3.8, 4) is 0 Å². The number of benzene rings is 2. The van der Waals surface area contributed by atoms with Crippen molar-refractivity contribution in [2.45, 2.75) is 25.2 Å². The minimum atomic E-state index is -0.0166. The van der Waals surface area contributed by atoms with Crippen molar-refractivity contribution in [1.29, 1.82) is 0 Å². The van der Waals surface area contributed by atoms with Crippen LogP contribution in [0, 0.1) is 5.92 Å². The first-order chi connectivity index (χ1) is 12.3. The molecule has 1 N–H and O–H groups in total. The van der Waals surface area contributed by atoms with Gasteiger partial charge in [-0.25, -0.2) is 0 Å². The number of hydrogen-bond donors (Lipinski definition) is 1. The highest BCUT2D eigenvalue weighted by Crippen LogP contribution is 2.52. The standard InChI is InChI=1S/C20H18N4O/c25-20-15(10-12-8-9-12)13-4-3-5-14-18(13)24(20)17-7-2-1-6-16(17)23-11-21-22-19(14)23/h1-7,12,15,21H,8-11H2. The van der Waals surface area contributed by atoms with E-state index in [0.29, 0.717) is 12.6 Å². The van der Waals surface area contributed by atoms with Crippen molar-refractivity contribution in [2.24, 2.45) is 11.0 Å². The summed E-state index contributed by atoms with van der Waals surface area (Å²) in [5.74, 6) is 1.82. The number of hydrogen-bond acceptors (Lipinski definition) is 4. The number of anilines is 3. The van der Waals surface area contributed by atoms with Gasteiger partial charge >= 0.3 is 0 Å². The maximum absolute atomic E-state index is 13.4. The van der Waals surface area contributed by atoms with Crippen molar-refractivity contribution >= 4 is 28.8 Å². The van der Waals surface area contributed by atoms with Crippen molar-refractivity contribution in [1.82, 2.24) is 5.43 Å². The number of carbonyl (C=O) groups is 1. The lowest BCUT2D eigenvalue weighted by Gasteiger charge is -2.23. The molecular weight excluding hydrogens is 312 g/mol. The number of rotatable bonds is 2. The number of fused-ring (bicyclic) bond motifs is 5. The lowest BCUT2D eigenvalue weighted by molar-refractivity contribution is -0.118. The summed E-state index contributed by atoms with van der Waals surface area (Å²) in [6, 6.07) is 14.4. The highest BCUT2D eigenvalue weighted by Gasteiger charge is 2.46. The van der Waals surface area contributed by atoms with Crippen molar-refractivity contribution in [3.63, 3.8) is 0 Å². The average molecular weight is 330 g/mol. The van der Waals surface area contributed by atoms with Crippen LogP contribution in [-0.2, 0) is 4.79 Å². The van der Waals surface area contributed by atoms with Crippen LogP contribution in [0.1, 0.15) is 36.3 Å². The van der Waals surface area contributed by atoms with Gasteiger partial charge in [0, 0.05) is 5.56 Å². The molecule has 1 aliphatic carbocycles. The second kappa shape index (κ2) is 4.63. The zero-order valence-electron chi connectivity index (χ0n) is 13.8. The van der Waals surface area contributed by atoms with Gasteiger partial charge in [-0.1, -0.05) is 37.1 Å². The number of hydrazone groups is 1. The summed E-state index contributed by atoms with van der Waals surface area (Å²) in [5.41, 5.74) is 8.36. The smallest absolute Gasteiger partial charge is 0.239 e. The van der Waals surface area contributed by atoms with Crippen LogP contribution in [0.25, 0.3) is 0 Å². The van der Waals surface area contributed by atoms with Gasteiger partial charge in [-0.2, -0.15) is 5.10 Å². The summed E-state index contributed by atoms with van der Waals surface area (Å²) in [7, 11) is 0. The number of carbonyl (C=O) groups excluding carboxylic acids is 1. The van der Waals surface area contributed by atoms with Crippen molar-refractivity contribution in [3.05, 3.63) is 53.6 Å². The van der Waals surface area contributed by atoms with E-state index in [-0.39, 0.29) is 11.8 Å². The Morgan fingerprint density at radius 1 is 1.08 bits per heavy atom. The minimum absolute atomic E-state index is 0.0166. The Morgan fingerprint density at radius 2 is 1.92 bits per heavy atom. The molecule has 3 heterocycles. The molecule has 0 radical (unpaired) electrons. The molecule has 3 aliphatic heterocycles. The molecule has 25 heavy (non-hydrogen) atoms. The van der Waals surface area contributed by atoms with Crippen LogP contribution in [0.5, 0.6) is 0 Å². The van der Waals surface area contributed by atoms with Gasteiger partial charge in [-0.05, 0) is 36.1 Å². The highest BCUT2D eigenvalue weighted by molar-refractivity contribution is 6.24. The summed E-state index contributed by atoms with van der Waals surface area (Å²) in [4.78, 5) is 17.5. The minimum Gasteiger partial charge on any atom is -0.303 e. The Morgan fingerprint density at radius 3 is 2.76 bits per heavy atom. The van der Waals surface area contributed by atoms with E-state index in [0.717, 1.165) is 34.9 Å². The van der Waals surface area contributed by atoms with Gasteiger partial charge in [-0.15, -0.1) is 0 Å². The fourth-order valence-corrected chi connectivity index (χ4v) is 4.43. The van der Waals surface area contributed by atoms with Gasteiger partial charge in [0.25, 0.3) is 0 Å². The molecule has 1 amide bonds. The lowest BCUT2D eigenvalue weighted by Crippen LogP contribution is -2.29. The molecule has 124 valence electrons. The Labute approximate surface area is 145 Å². The molecule has 1 fully saturated rings. The van der Waals surface area contributed by atoms with E-state index in [1.54, 1.807) is 0 Å². The molecule has 6 rings (SSSR count). The SMILES string of the molecule is O=C1C(CC2CC2)c2cccc3c2N1c1ccccc1N1CNN=C31. The van der Waals surface area contributed by atoms with Crippen LogP contribution >= 0.6 is 0 Å². The summed E-state index contributed by atoms with van der Waals surface area (Å²) >= 11 is 0. The van der Waals surface area contributed by atoms with E-state index in [4.69, 9.17) is 0 Å². The highest BCUT2D eigenvalue weighted by atomic mass is 16.2. The number of amides is 1. The number of nitrogens with one attached hydrogen (secondary N) is 1. The molecule has 5 nitrogen and oxygen atoms in total. The third kappa shape index (κ3) is 1.73. The molecule has 2 aromatic carbocycles. The van der Waals surface area contributed by atoms with Crippen LogP contribution in [0.2, 0.25) is 0 Å². The first-order valence-electron chi connectivity index (χ1n) is 8.97. The molecule has 0 aromatic heterocycles. The summed E-state index contributed by atoms with van der Waals surface area (Å²) in [6.07, 6.45) is 3.50. The van der Waals surface area contributed by atoms with E-state index in [1.807, 2.05) is 17.0 Å². The molecule has 1 saturated carbocycles. The number of para-hydroxylation sites is 3. The molecule has 5 heteroatoms. The van der Waals surface area contributed by atoms with E-state index < -0.39 is 0 Å². The van der Waals surface area contributed by atoms with Crippen molar-refractivity contribution < 1.29 is 4.79 Å². The molecule has 0 saturated heterocycles. The first-order valence-corrected chi connectivity index (χ1v) is 8.97. The molecule has 1 atom stereocenters. The van der Waals surface area contributed by atoms with Gasteiger partial charge in [0.05, 0.1) is 23.0 Å². The molecule has 4 aliphatic rings. The van der Waals surface area contributed by atoms with Crippen molar-refractivity contribution in [2.75, 3.05) is 16.5 Å². The maximum atomic E-state index is 13.4. The van der Waals surface area contributed by atoms with E-state index in [2.05, 4.69) is 45.8 Å². The predicted molar refractivity (Wildman–Crippen MR) is 97.1 cm³/mol. The Bertz CT molecular complexity index is 946. The van der Waals surface area contributed by atoms with Gasteiger partial charge in [0.15, 0.2) is 5.84 Å². The third-order valence-electron chi connectivity index (χ3n) is 5.77. The average Bonchev–Trinajstić information content (AvgIpc) is 3.28. The van der Waals surface area contributed by atoms with E-state index >= 15 is 0 Å². The van der Waals surface area contributed by atoms with E-state index in [9.17, 15) is 4.79 Å². The second-order valence-electron chi connectivity index (χ2n) is 7.32. The monoisotopic (exact) mass is 330 g/mol. The molecule has 2 aromatic rings. The Balaban J connectivity index is 1.64. The van der Waals surface area contributed by atoms with Crippen LogP contribution < -0.4 is 15.2 Å². The number of amidine groups is 1. The van der Waals surface area contributed by atoms with Gasteiger partial charge in [0.1, 0.15) is 6.67 Å². The van der Waals surface area contributed by atoms with Gasteiger partial charge < -0.3 is 4.90 Å². The summed E-state index contributed by atoms with van der Waals surface area (Å²) < 4.78 is 0. The third-order valence-corrected chi connectivity index (χ3v) is 5.77. The maximum Gasteiger partial charge on any atom is 0.239 e. The van der Waals surface area contributed by atoms with E-state index in [1.165, 1.54) is 18.4 Å². The summed E-state index contributed by atoms with van der Waals surface area (Å²) in [6.45, 7) is 0.629. The fraction of sp³-hybridized carbons (Fsp3) is 0.300. The Hall–Kier alpha value is -2.82. The Kier molecular flexibility index (Phi) is 2.49. The topological polar surface area (TPSA) is 47.9 Å². The summed E-state index contributed by atoms with van der Waals surface area (Å²) in [5, 5.41) is 4.54. The van der Waals surface area contributed by atoms with Gasteiger partial charge in [-0.3, -0.25) is 15.1 Å². The molecular formula is C20H18N4O. The van der Waals surface area contributed by atoms with Crippen LogP contribution in [-0.4, -0.2) is 18.4 Å². The fourth-order valence-electron chi connectivity index (χ4n) is 4.43. The van der Waals surface area contributed by atoms with Crippen LogP contribution in [0.3, 0.4) is 0 Å². The lowest BCUT2D eigenvalue weighted by atomic mass is 9.93. The van der Waals surface area contributed by atoms with Crippen LogP contribution in [0.15, 0.2) is 47.6 Å². The predicted octanol–water partition coefficient (Wildman–Crippen LogP) is 3.29. The second-order valence-corrected chi connectivity index (χ2v) is 7.32. The largest absolute Gasteiger partial charge is 0.303 e. The van der Waals surface area contributed by atoms with Gasteiger partial charge in [0.2, 0.25) is 5.91 Å². The molecule has 0 spiro atoms. The van der Waals surface area contributed by atoms with Crippen LogP contribution in [0.4, 0.5) is 17.1 Å². The molecule has 1 unspecified atom stereocenters. The quantitative estimate of drug-likeness (QED) is 0.919. The zero-order chi connectivity index (χ0) is 16.5. The number of nitrogens with zero attached hydrogens (tertiary/aromatic N) is 3.